The van der Waals surface area contributed by atoms with E-state index in [4.69, 9.17) is 4.98 Å². The highest BCUT2D eigenvalue weighted by Gasteiger charge is 2.21. The molecule has 0 bridgehead atoms. The van der Waals surface area contributed by atoms with Crippen LogP contribution in [-0.2, 0) is 4.79 Å². The zero-order chi connectivity index (χ0) is 26.2. The van der Waals surface area contributed by atoms with Gasteiger partial charge in [0.15, 0.2) is 0 Å². The monoisotopic (exact) mass is 533 g/mol. The van der Waals surface area contributed by atoms with Gasteiger partial charge in [0.05, 0.1) is 40.5 Å². The Balaban J connectivity index is 1.22. The molecule has 7 rings (SSSR count). The van der Waals surface area contributed by atoms with Gasteiger partial charge in [-0.15, -0.1) is 11.8 Å². The summed E-state index contributed by atoms with van der Waals surface area (Å²) < 4.78 is 0. The summed E-state index contributed by atoms with van der Waals surface area (Å²) in [6, 6.07) is 7.98. The molecule has 0 atom stereocenters. The van der Waals surface area contributed by atoms with Crippen LogP contribution < -0.4 is 5.32 Å². The highest BCUT2D eigenvalue weighted by molar-refractivity contribution is 8.02. The molecule has 39 heavy (non-hydrogen) atoms. The van der Waals surface area contributed by atoms with Crippen LogP contribution in [0.4, 0.5) is 5.69 Å². The molecule has 5 aromatic rings. The van der Waals surface area contributed by atoms with Gasteiger partial charge in [-0.1, -0.05) is 31.4 Å². The topological polar surface area (TPSA) is 112 Å². The summed E-state index contributed by atoms with van der Waals surface area (Å²) in [4.78, 5) is 30.1. The molecule has 0 radical (unpaired) electrons. The van der Waals surface area contributed by atoms with E-state index >= 15 is 0 Å². The van der Waals surface area contributed by atoms with Crippen LogP contribution in [0.1, 0.15) is 37.7 Å². The molecule has 1 saturated carbocycles. The summed E-state index contributed by atoms with van der Waals surface area (Å²) in [7, 11) is 0. The number of pyridine rings is 3. The number of rotatable bonds is 5. The molecule has 6 heterocycles. The third-order valence-corrected chi connectivity index (χ3v) is 8.30. The molecule has 9 heteroatoms. The predicted molar refractivity (Wildman–Crippen MR) is 157 cm³/mol. The van der Waals surface area contributed by atoms with Crippen molar-refractivity contribution in [1.29, 1.82) is 0 Å². The molecule has 0 unspecified atom stereocenters. The molecular weight excluding hydrogens is 506 g/mol. The van der Waals surface area contributed by atoms with Gasteiger partial charge in [-0.2, -0.15) is 5.10 Å². The van der Waals surface area contributed by atoms with Crippen molar-refractivity contribution in [1.82, 2.24) is 30.1 Å². The van der Waals surface area contributed by atoms with Crippen LogP contribution in [0, 0.1) is 5.92 Å². The molecule has 3 N–H and O–H groups in total. The third kappa shape index (κ3) is 4.63. The normalized spacial score (nSPS) is 16.1. The van der Waals surface area contributed by atoms with E-state index in [0.717, 1.165) is 87.2 Å². The van der Waals surface area contributed by atoms with E-state index in [-0.39, 0.29) is 11.8 Å². The van der Waals surface area contributed by atoms with Crippen LogP contribution in [0.25, 0.3) is 50.2 Å². The second kappa shape index (κ2) is 10.1. The Labute approximate surface area is 229 Å². The summed E-state index contributed by atoms with van der Waals surface area (Å²) in [5.41, 5.74) is 8.70. The van der Waals surface area contributed by atoms with Gasteiger partial charge < -0.3 is 10.3 Å². The average Bonchev–Trinajstić information content (AvgIpc) is 3.62. The number of carbonyl (C=O) groups excluding carboxylic acids is 1. The number of allylic oxidation sites excluding steroid dienone is 2. The fraction of sp³-hybridized carbons (Fsp3) is 0.233. The Hall–Kier alpha value is -4.24. The zero-order valence-corrected chi connectivity index (χ0v) is 22.1. The van der Waals surface area contributed by atoms with Gasteiger partial charge in [0.2, 0.25) is 5.91 Å². The number of thioether (sulfide) groups is 1. The van der Waals surface area contributed by atoms with Gasteiger partial charge in [0.1, 0.15) is 11.2 Å². The van der Waals surface area contributed by atoms with Gasteiger partial charge in [0.25, 0.3) is 0 Å². The maximum Gasteiger partial charge on any atom is 0.227 e. The van der Waals surface area contributed by atoms with Gasteiger partial charge in [0, 0.05) is 40.6 Å². The summed E-state index contributed by atoms with van der Waals surface area (Å²) in [5.74, 6) is 1.16. The van der Waals surface area contributed by atoms with Crippen molar-refractivity contribution in [3.05, 3.63) is 72.2 Å². The Morgan fingerprint density at radius 3 is 2.77 bits per heavy atom. The lowest BCUT2D eigenvalue weighted by molar-refractivity contribution is -0.120. The minimum absolute atomic E-state index is 0.0833. The summed E-state index contributed by atoms with van der Waals surface area (Å²) in [5, 5.41) is 14.1. The van der Waals surface area contributed by atoms with Crippen molar-refractivity contribution in [2.24, 2.45) is 5.92 Å². The number of aromatic nitrogens is 6. The number of aromatic amines is 2. The number of carbonyl (C=O) groups is 1. The second-order valence-electron chi connectivity index (χ2n) is 10.1. The highest BCUT2D eigenvalue weighted by Crippen LogP contribution is 2.34. The van der Waals surface area contributed by atoms with Crippen molar-refractivity contribution < 1.29 is 4.79 Å². The SMILES string of the molecule is O=C(Nc1cncc(-c2ccc3[nH]nc(-c4cc5c(C6=CSCC=C6)cncc5[nH]4)c3n2)c1)C1CCCCC1. The van der Waals surface area contributed by atoms with Crippen molar-refractivity contribution in [2.75, 3.05) is 11.1 Å². The van der Waals surface area contributed by atoms with Gasteiger partial charge in [-0.3, -0.25) is 19.9 Å². The lowest BCUT2D eigenvalue weighted by Gasteiger charge is -2.20. The lowest BCUT2D eigenvalue weighted by Crippen LogP contribution is -2.24. The van der Waals surface area contributed by atoms with Crippen LogP contribution in [0.5, 0.6) is 0 Å². The van der Waals surface area contributed by atoms with Gasteiger partial charge in [-0.25, -0.2) is 4.98 Å². The molecule has 1 aliphatic carbocycles. The first-order valence-corrected chi connectivity index (χ1v) is 14.3. The molecule has 194 valence electrons. The molecular formula is C30H27N7OS. The van der Waals surface area contributed by atoms with Crippen LogP contribution in [0.3, 0.4) is 0 Å². The molecule has 1 aliphatic heterocycles. The first-order chi connectivity index (χ1) is 19.2. The Morgan fingerprint density at radius 1 is 1.00 bits per heavy atom. The number of hydrogen-bond donors (Lipinski definition) is 3. The second-order valence-corrected chi connectivity index (χ2v) is 11.0. The van der Waals surface area contributed by atoms with E-state index in [2.05, 4.69) is 54.1 Å². The first kappa shape index (κ1) is 23.8. The van der Waals surface area contributed by atoms with Crippen LogP contribution >= 0.6 is 11.8 Å². The zero-order valence-electron chi connectivity index (χ0n) is 21.3. The number of nitrogens with zero attached hydrogens (tertiary/aromatic N) is 4. The standard InChI is InChI=1S/C30H27N7OS/c38-30(18-5-2-1-3-6-18)33-21-11-20(13-31-14-21)24-8-9-25-28(35-24)29(37-36-25)26-12-22-23(15-32-16-27(22)34-26)19-7-4-10-39-17-19/h4,7-9,11-18,34H,1-3,5-6,10H2,(H,33,38)(H,36,37). The summed E-state index contributed by atoms with van der Waals surface area (Å²) >= 11 is 1.78. The number of fused-ring (bicyclic) bond motifs is 2. The van der Waals surface area contributed by atoms with Gasteiger partial charge >= 0.3 is 0 Å². The third-order valence-electron chi connectivity index (χ3n) is 7.50. The van der Waals surface area contributed by atoms with E-state index < -0.39 is 0 Å². The molecule has 2 aliphatic rings. The van der Waals surface area contributed by atoms with Gasteiger partial charge in [-0.05, 0) is 48.1 Å². The lowest BCUT2D eigenvalue weighted by atomic mass is 9.88. The Morgan fingerprint density at radius 2 is 1.90 bits per heavy atom. The summed E-state index contributed by atoms with van der Waals surface area (Å²) in [6.45, 7) is 0. The fourth-order valence-electron chi connectivity index (χ4n) is 5.47. The Kier molecular flexibility index (Phi) is 6.20. The van der Waals surface area contributed by atoms with E-state index in [0.29, 0.717) is 5.69 Å². The molecule has 1 fully saturated rings. The molecule has 0 spiro atoms. The highest BCUT2D eigenvalue weighted by atomic mass is 32.2. The minimum atomic E-state index is 0.0833. The molecule has 5 aromatic heterocycles. The molecule has 1 amide bonds. The Bertz CT molecular complexity index is 1760. The number of nitrogens with one attached hydrogen (secondary N) is 3. The molecule has 0 aromatic carbocycles. The number of amides is 1. The fourth-order valence-corrected chi connectivity index (χ4v) is 6.16. The smallest absolute Gasteiger partial charge is 0.227 e. The first-order valence-electron chi connectivity index (χ1n) is 13.3. The predicted octanol–water partition coefficient (Wildman–Crippen LogP) is 6.73. The summed E-state index contributed by atoms with van der Waals surface area (Å²) in [6.07, 6.45) is 16.9. The van der Waals surface area contributed by atoms with E-state index in [1.165, 1.54) is 6.42 Å². The molecule has 8 nitrogen and oxygen atoms in total. The molecule has 0 saturated heterocycles. The van der Waals surface area contributed by atoms with E-state index in [1.807, 2.05) is 30.6 Å². The van der Waals surface area contributed by atoms with E-state index in [9.17, 15) is 4.79 Å². The van der Waals surface area contributed by atoms with Crippen LogP contribution in [0.2, 0.25) is 0 Å². The maximum atomic E-state index is 12.8. The number of hydrogen-bond acceptors (Lipinski definition) is 6. The quantitative estimate of drug-likeness (QED) is 0.231. The number of H-pyrrole nitrogens is 2. The van der Waals surface area contributed by atoms with Crippen LogP contribution in [-0.4, -0.2) is 41.8 Å². The minimum Gasteiger partial charge on any atom is -0.352 e. The number of anilines is 1. The largest absolute Gasteiger partial charge is 0.352 e. The maximum absolute atomic E-state index is 12.8. The van der Waals surface area contributed by atoms with Crippen molar-refractivity contribution in [3.63, 3.8) is 0 Å². The van der Waals surface area contributed by atoms with Crippen LogP contribution in [0.15, 0.2) is 66.6 Å². The van der Waals surface area contributed by atoms with Crippen molar-refractivity contribution in [3.8, 4) is 22.6 Å². The van der Waals surface area contributed by atoms with Crippen molar-refractivity contribution in [2.45, 2.75) is 32.1 Å². The average molecular weight is 534 g/mol. The van der Waals surface area contributed by atoms with Crippen molar-refractivity contribution >= 4 is 50.9 Å². The van der Waals surface area contributed by atoms with E-state index in [1.54, 1.807) is 24.2 Å².